The Morgan fingerprint density at radius 3 is 2.79 bits per heavy atom. The standard InChI is InChI=1S/C8H10BrN5/c1-13-5-11-2-6(13)4-14-8(10)7(9)3-12-14/h2-3,5H,4,10H2,1H3. The number of hydrogen-bond donors (Lipinski definition) is 1. The molecule has 5 nitrogen and oxygen atoms in total. The first kappa shape index (κ1) is 9.26. The number of nitrogens with two attached hydrogens (primary N) is 1. The van der Waals surface area contributed by atoms with Crippen LogP contribution in [-0.2, 0) is 13.6 Å². The van der Waals surface area contributed by atoms with Crippen molar-refractivity contribution >= 4 is 21.7 Å². The quantitative estimate of drug-likeness (QED) is 0.872. The summed E-state index contributed by atoms with van der Waals surface area (Å²) in [5.74, 6) is 0.631. The molecule has 0 bridgehead atoms. The molecule has 0 atom stereocenters. The first-order chi connectivity index (χ1) is 6.68. The van der Waals surface area contributed by atoms with Crippen molar-refractivity contribution < 1.29 is 0 Å². The number of anilines is 1. The van der Waals surface area contributed by atoms with Gasteiger partial charge in [-0.25, -0.2) is 9.67 Å². The summed E-state index contributed by atoms with van der Waals surface area (Å²) in [7, 11) is 1.94. The van der Waals surface area contributed by atoms with E-state index in [1.54, 1.807) is 23.4 Å². The molecule has 2 N–H and O–H groups in total. The molecule has 2 aromatic heterocycles. The molecule has 0 aliphatic carbocycles. The predicted molar refractivity (Wildman–Crippen MR) is 56.6 cm³/mol. The van der Waals surface area contributed by atoms with E-state index >= 15 is 0 Å². The van der Waals surface area contributed by atoms with Gasteiger partial charge in [0.2, 0.25) is 0 Å². The van der Waals surface area contributed by atoms with Crippen LogP contribution in [0.25, 0.3) is 0 Å². The maximum absolute atomic E-state index is 5.79. The van der Waals surface area contributed by atoms with Crippen LogP contribution in [-0.4, -0.2) is 19.3 Å². The largest absolute Gasteiger partial charge is 0.383 e. The van der Waals surface area contributed by atoms with Crippen LogP contribution in [0.5, 0.6) is 0 Å². The molecule has 0 saturated heterocycles. The van der Waals surface area contributed by atoms with E-state index in [4.69, 9.17) is 5.73 Å². The zero-order valence-corrected chi connectivity index (χ0v) is 9.27. The van der Waals surface area contributed by atoms with Crippen molar-refractivity contribution in [2.75, 3.05) is 5.73 Å². The average molecular weight is 256 g/mol. The lowest BCUT2D eigenvalue weighted by Crippen LogP contribution is -2.08. The van der Waals surface area contributed by atoms with E-state index in [-0.39, 0.29) is 0 Å². The molecule has 6 heteroatoms. The van der Waals surface area contributed by atoms with Crippen molar-refractivity contribution in [2.24, 2.45) is 7.05 Å². The Kier molecular flexibility index (Phi) is 2.28. The second-order valence-corrected chi connectivity index (χ2v) is 3.89. The number of nitrogen functional groups attached to an aromatic ring is 1. The zero-order valence-electron chi connectivity index (χ0n) is 7.68. The minimum atomic E-state index is 0.631. The van der Waals surface area contributed by atoms with Gasteiger partial charge in [-0.1, -0.05) is 0 Å². The van der Waals surface area contributed by atoms with Crippen LogP contribution < -0.4 is 5.73 Å². The van der Waals surface area contributed by atoms with Crippen LogP contribution in [0.4, 0.5) is 5.82 Å². The van der Waals surface area contributed by atoms with Gasteiger partial charge >= 0.3 is 0 Å². The van der Waals surface area contributed by atoms with Gasteiger partial charge in [0.15, 0.2) is 0 Å². The third-order valence-electron chi connectivity index (χ3n) is 2.06. The van der Waals surface area contributed by atoms with E-state index in [0.29, 0.717) is 12.4 Å². The topological polar surface area (TPSA) is 61.7 Å². The highest BCUT2D eigenvalue weighted by Crippen LogP contribution is 2.18. The van der Waals surface area contributed by atoms with Crippen molar-refractivity contribution in [3.63, 3.8) is 0 Å². The molecule has 2 aromatic rings. The van der Waals surface area contributed by atoms with Crippen molar-refractivity contribution in [3.05, 3.63) is 28.9 Å². The fraction of sp³-hybridized carbons (Fsp3) is 0.250. The van der Waals surface area contributed by atoms with Crippen LogP contribution in [0.15, 0.2) is 23.2 Å². The molecule has 0 aliphatic rings. The predicted octanol–water partition coefficient (Wildman–Crippen LogP) is 1.01. The summed E-state index contributed by atoms with van der Waals surface area (Å²) in [6.07, 6.45) is 5.24. The number of aryl methyl sites for hydroxylation is 1. The van der Waals surface area contributed by atoms with E-state index in [9.17, 15) is 0 Å². The summed E-state index contributed by atoms with van der Waals surface area (Å²) in [6, 6.07) is 0. The number of rotatable bonds is 2. The van der Waals surface area contributed by atoms with Gasteiger partial charge in [-0.2, -0.15) is 5.10 Å². The average Bonchev–Trinajstić information content (AvgIpc) is 2.68. The lowest BCUT2D eigenvalue weighted by atomic mass is 10.4. The molecule has 0 fully saturated rings. The highest BCUT2D eigenvalue weighted by molar-refractivity contribution is 9.10. The molecule has 0 aromatic carbocycles. The fourth-order valence-electron chi connectivity index (χ4n) is 1.19. The SMILES string of the molecule is Cn1cncc1Cn1ncc(Br)c1N. The smallest absolute Gasteiger partial charge is 0.136 e. The van der Waals surface area contributed by atoms with Gasteiger partial charge in [0.25, 0.3) is 0 Å². The number of hydrogen-bond acceptors (Lipinski definition) is 3. The number of imidazole rings is 1. The summed E-state index contributed by atoms with van der Waals surface area (Å²) in [5.41, 5.74) is 6.86. The Balaban J connectivity index is 2.27. The first-order valence-corrected chi connectivity index (χ1v) is 4.90. The van der Waals surface area contributed by atoms with Gasteiger partial charge in [-0.3, -0.25) is 0 Å². The highest BCUT2D eigenvalue weighted by atomic mass is 79.9. The Labute approximate surface area is 89.7 Å². The number of nitrogens with zero attached hydrogens (tertiary/aromatic N) is 4. The molecular weight excluding hydrogens is 246 g/mol. The summed E-state index contributed by atoms with van der Waals surface area (Å²) >= 11 is 3.31. The van der Waals surface area contributed by atoms with Gasteiger partial charge in [0.05, 0.1) is 35.4 Å². The summed E-state index contributed by atoms with van der Waals surface area (Å²) in [5, 5.41) is 4.13. The van der Waals surface area contributed by atoms with Crippen LogP contribution in [0, 0.1) is 0 Å². The van der Waals surface area contributed by atoms with E-state index < -0.39 is 0 Å². The van der Waals surface area contributed by atoms with Crippen molar-refractivity contribution in [1.82, 2.24) is 19.3 Å². The van der Waals surface area contributed by atoms with E-state index in [2.05, 4.69) is 26.0 Å². The maximum atomic E-state index is 5.79. The molecule has 0 unspecified atom stereocenters. The monoisotopic (exact) mass is 255 g/mol. The Morgan fingerprint density at radius 2 is 2.29 bits per heavy atom. The summed E-state index contributed by atoms with van der Waals surface area (Å²) in [4.78, 5) is 4.02. The summed E-state index contributed by atoms with van der Waals surface area (Å²) in [6.45, 7) is 0.633. The normalized spacial score (nSPS) is 10.7. The number of halogens is 1. The van der Waals surface area contributed by atoms with Crippen molar-refractivity contribution in [2.45, 2.75) is 6.54 Å². The Bertz CT molecular complexity index is 444. The first-order valence-electron chi connectivity index (χ1n) is 4.10. The second-order valence-electron chi connectivity index (χ2n) is 3.03. The molecule has 14 heavy (non-hydrogen) atoms. The Hall–Kier alpha value is -1.30. The maximum Gasteiger partial charge on any atom is 0.136 e. The van der Waals surface area contributed by atoms with Gasteiger partial charge in [-0.05, 0) is 15.9 Å². The fourth-order valence-corrected chi connectivity index (χ4v) is 1.48. The third-order valence-corrected chi connectivity index (χ3v) is 2.67. The van der Waals surface area contributed by atoms with Crippen molar-refractivity contribution in [3.8, 4) is 0 Å². The Morgan fingerprint density at radius 1 is 1.50 bits per heavy atom. The molecule has 0 amide bonds. The molecule has 2 rings (SSSR count). The zero-order chi connectivity index (χ0) is 10.1. The minimum absolute atomic E-state index is 0.631. The minimum Gasteiger partial charge on any atom is -0.383 e. The third kappa shape index (κ3) is 1.52. The van der Waals surface area contributed by atoms with Crippen LogP contribution in [0.1, 0.15) is 5.69 Å². The molecule has 0 aliphatic heterocycles. The second kappa shape index (κ2) is 3.45. The van der Waals surface area contributed by atoms with Gasteiger partial charge in [-0.15, -0.1) is 0 Å². The lowest BCUT2D eigenvalue weighted by Gasteiger charge is -2.04. The van der Waals surface area contributed by atoms with Gasteiger partial charge in [0.1, 0.15) is 5.82 Å². The summed E-state index contributed by atoms with van der Waals surface area (Å²) < 4.78 is 4.48. The highest BCUT2D eigenvalue weighted by Gasteiger charge is 2.06. The van der Waals surface area contributed by atoms with E-state index in [0.717, 1.165) is 10.2 Å². The van der Waals surface area contributed by atoms with E-state index in [1.165, 1.54) is 0 Å². The van der Waals surface area contributed by atoms with Gasteiger partial charge in [0, 0.05) is 7.05 Å². The molecule has 0 radical (unpaired) electrons. The van der Waals surface area contributed by atoms with Crippen LogP contribution in [0.2, 0.25) is 0 Å². The van der Waals surface area contributed by atoms with Crippen molar-refractivity contribution in [1.29, 1.82) is 0 Å². The van der Waals surface area contributed by atoms with Crippen LogP contribution >= 0.6 is 15.9 Å². The number of aromatic nitrogens is 4. The van der Waals surface area contributed by atoms with Crippen LogP contribution in [0.3, 0.4) is 0 Å². The lowest BCUT2D eigenvalue weighted by molar-refractivity contribution is 0.656. The molecular formula is C8H10BrN5. The van der Waals surface area contributed by atoms with E-state index in [1.807, 2.05) is 11.6 Å². The van der Waals surface area contributed by atoms with Gasteiger partial charge < -0.3 is 10.3 Å². The molecule has 74 valence electrons. The molecule has 0 saturated carbocycles. The molecule has 0 spiro atoms. The molecule has 2 heterocycles.